The molecular formula is C21H18ClFN2O. The van der Waals surface area contributed by atoms with Crippen molar-refractivity contribution in [1.82, 2.24) is 5.32 Å². The second-order valence-corrected chi connectivity index (χ2v) is 6.21. The van der Waals surface area contributed by atoms with E-state index in [4.69, 9.17) is 11.6 Å². The maximum atomic E-state index is 13.2. The first-order valence-electron chi connectivity index (χ1n) is 8.21. The lowest BCUT2D eigenvalue weighted by Gasteiger charge is -2.20. The van der Waals surface area contributed by atoms with Crippen LogP contribution in [0.2, 0.25) is 5.02 Å². The van der Waals surface area contributed by atoms with Gasteiger partial charge in [0.1, 0.15) is 5.82 Å². The van der Waals surface area contributed by atoms with Gasteiger partial charge < -0.3 is 10.6 Å². The number of nitrogens with one attached hydrogen (secondary N) is 2. The van der Waals surface area contributed by atoms with Crippen molar-refractivity contribution < 1.29 is 9.18 Å². The molecule has 0 atom stereocenters. The summed E-state index contributed by atoms with van der Waals surface area (Å²) in [4.78, 5) is 12.4. The Balaban J connectivity index is 1.70. The van der Waals surface area contributed by atoms with E-state index in [0.29, 0.717) is 5.69 Å². The van der Waals surface area contributed by atoms with Gasteiger partial charge in [-0.3, -0.25) is 4.79 Å². The summed E-state index contributed by atoms with van der Waals surface area (Å²) in [5, 5.41) is 6.01. The Labute approximate surface area is 156 Å². The van der Waals surface area contributed by atoms with Gasteiger partial charge in [0.15, 0.2) is 0 Å². The van der Waals surface area contributed by atoms with Crippen LogP contribution in [0.1, 0.15) is 17.2 Å². The predicted octanol–water partition coefficient (Wildman–Crippen LogP) is 4.80. The van der Waals surface area contributed by atoms with Crippen LogP contribution in [0.4, 0.5) is 10.1 Å². The van der Waals surface area contributed by atoms with Crippen LogP contribution >= 0.6 is 11.6 Å². The maximum absolute atomic E-state index is 13.2. The van der Waals surface area contributed by atoms with E-state index in [-0.39, 0.29) is 23.5 Å². The molecule has 26 heavy (non-hydrogen) atoms. The van der Waals surface area contributed by atoms with Crippen LogP contribution in [-0.4, -0.2) is 12.5 Å². The average molecular weight is 369 g/mol. The molecule has 132 valence electrons. The maximum Gasteiger partial charge on any atom is 0.240 e. The molecule has 0 radical (unpaired) electrons. The molecule has 3 nitrogen and oxygen atoms in total. The lowest BCUT2D eigenvalue weighted by atomic mass is 9.99. The summed E-state index contributed by atoms with van der Waals surface area (Å²) in [6.45, 7) is 0.0537. The Morgan fingerprint density at radius 3 is 2.04 bits per heavy atom. The minimum absolute atomic E-state index is 0.0156. The van der Waals surface area contributed by atoms with Gasteiger partial charge in [-0.15, -0.1) is 0 Å². The predicted molar refractivity (Wildman–Crippen MR) is 103 cm³/mol. The van der Waals surface area contributed by atoms with E-state index in [0.717, 1.165) is 11.1 Å². The SMILES string of the molecule is O=C(CNc1ccc(F)c(Cl)c1)NC(c1ccccc1)c1ccccc1. The fourth-order valence-corrected chi connectivity index (χ4v) is 2.83. The third-order valence-corrected chi connectivity index (χ3v) is 4.23. The van der Waals surface area contributed by atoms with Crippen LogP contribution in [0.15, 0.2) is 78.9 Å². The Bertz CT molecular complexity index is 832. The van der Waals surface area contributed by atoms with Crippen LogP contribution in [0, 0.1) is 5.82 Å². The smallest absolute Gasteiger partial charge is 0.240 e. The summed E-state index contributed by atoms with van der Waals surface area (Å²) in [6, 6.07) is 23.6. The topological polar surface area (TPSA) is 41.1 Å². The number of hydrogen-bond donors (Lipinski definition) is 2. The van der Waals surface area contributed by atoms with Crippen molar-refractivity contribution in [3.63, 3.8) is 0 Å². The van der Waals surface area contributed by atoms with Crippen LogP contribution in [0.5, 0.6) is 0 Å². The van der Waals surface area contributed by atoms with Crippen molar-refractivity contribution in [3.8, 4) is 0 Å². The van der Waals surface area contributed by atoms with Gasteiger partial charge in [-0.25, -0.2) is 4.39 Å². The Morgan fingerprint density at radius 2 is 1.50 bits per heavy atom. The zero-order valence-electron chi connectivity index (χ0n) is 14.0. The quantitative estimate of drug-likeness (QED) is 0.656. The largest absolute Gasteiger partial charge is 0.376 e. The highest BCUT2D eigenvalue weighted by molar-refractivity contribution is 6.31. The Kier molecular flexibility index (Phi) is 5.87. The van der Waals surface area contributed by atoms with E-state index < -0.39 is 5.82 Å². The molecule has 3 aromatic carbocycles. The summed E-state index contributed by atoms with van der Waals surface area (Å²) >= 11 is 5.76. The molecule has 0 aliphatic carbocycles. The molecule has 0 bridgehead atoms. The molecule has 0 fully saturated rings. The molecule has 0 unspecified atom stereocenters. The van der Waals surface area contributed by atoms with Crippen LogP contribution in [0.25, 0.3) is 0 Å². The standard InChI is InChI=1S/C21H18ClFN2O/c22-18-13-17(11-12-19(18)23)24-14-20(26)25-21(15-7-3-1-4-8-15)16-9-5-2-6-10-16/h1-13,21,24H,14H2,(H,25,26). The Hall–Kier alpha value is -2.85. The first-order chi connectivity index (χ1) is 12.6. The fraction of sp³-hybridized carbons (Fsp3) is 0.0952. The number of rotatable bonds is 6. The molecular weight excluding hydrogens is 351 g/mol. The normalized spacial score (nSPS) is 10.6. The lowest BCUT2D eigenvalue weighted by Crippen LogP contribution is -2.33. The minimum Gasteiger partial charge on any atom is -0.376 e. The zero-order valence-corrected chi connectivity index (χ0v) is 14.7. The van der Waals surface area contributed by atoms with E-state index in [2.05, 4.69) is 10.6 Å². The number of halogens is 2. The van der Waals surface area contributed by atoms with Crippen molar-refractivity contribution in [1.29, 1.82) is 0 Å². The van der Waals surface area contributed by atoms with Gasteiger partial charge in [-0.05, 0) is 29.3 Å². The summed E-state index contributed by atoms with van der Waals surface area (Å²) in [5.41, 5.74) is 2.58. The van der Waals surface area contributed by atoms with Crippen molar-refractivity contribution in [2.45, 2.75) is 6.04 Å². The summed E-state index contributed by atoms with van der Waals surface area (Å²) in [7, 11) is 0. The lowest BCUT2D eigenvalue weighted by molar-refractivity contribution is -0.119. The monoisotopic (exact) mass is 368 g/mol. The summed E-state index contributed by atoms with van der Waals surface area (Å²) < 4.78 is 13.2. The van der Waals surface area contributed by atoms with E-state index >= 15 is 0 Å². The first kappa shape index (κ1) is 18.0. The summed E-state index contributed by atoms with van der Waals surface area (Å²) in [6.07, 6.45) is 0. The number of hydrogen-bond acceptors (Lipinski definition) is 2. The second-order valence-electron chi connectivity index (χ2n) is 5.80. The van der Waals surface area contributed by atoms with Gasteiger partial charge in [0.2, 0.25) is 5.91 Å². The van der Waals surface area contributed by atoms with E-state index in [9.17, 15) is 9.18 Å². The number of anilines is 1. The van der Waals surface area contributed by atoms with Crippen LogP contribution in [-0.2, 0) is 4.79 Å². The number of amides is 1. The van der Waals surface area contributed by atoms with Gasteiger partial charge >= 0.3 is 0 Å². The van der Waals surface area contributed by atoms with Crippen molar-refractivity contribution >= 4 is 23.2 Å². The zero-order chi connectivity index (χ0) is 18.4. The highest BCUT2D eigenvalue weighted by Crippen LogP contribution is 2.22. The molecule has 2 N–H and O–H groups in total. The van der Waals surface area contributed by atoms with Gasteiger partial charge in [0.05, 0.1) is 17.6 Å². The van der Waals surface area contributed by atoms with Gasteiger partial charge in [0.25, 0.3) is 0 Å². The first-order valence-corrected chi connectivity index (χ1v) is 8.59. The van der Waals surface area contributed by atoms with E-state index in [1.165, 1.54) is 12.1 Å². The molecule has 3 rings (SSSR count). The van der Waals surface area contributed by atoms with Gasteiger partial charge in [-0.2, -0.15) is 0 Å². The van der Waals surface area contributed by atoms with E-state index in [1.54, 1.807) is 6.07 Å². The fourth-order valence-electron chi connectivity index (χ4n) is 2.65. The second kappa shape index (κ2) is 8.50. The van der Waals surface area contributed by atoms with Crippen LogP contribution in [0.3, 0.4) is 0 Å². The molecule has 0 spiro atoms. The van der Waals surface area contributed by atoms with Crippen molar-refractivity contribution in [2.75, 3.05) is 11.9 Å². The highest BCUT2D eigenvalue weighted by Gasteiger charge is 2.16. The molecule has 0 saturated carbocycles. The molecule has 5 heteroatoms. The average Bonchev–Trinajstić information content (AvgIpc) is 2.68. The van der Waals surface area contributed by atoms with E-state index in [1.807, 2.05) is 60.7 Å². The van der Waals surface area contributed by atoms with Crippen LogP contribution < -0.4 is 10.6 Å². The third kappa shape index (κ3) is 4.61. The molecule has 0 saturated heterocycles. The van der Waals surface area contributed by atoms with Crippen molar-refractivity contribution in [3.05, 3.63) is 101 Å². The minimum atomic E-state index is -0.491. The molecule has 0 aromatic heterocycles. The highest BCUT2D eigenvalue weighted by atomic mass is 35.5. The third-order valence-electron chi connectivity index (χ3n) is 3.94. The molecule has 1 amide bonds. The number of carbonyl (C=O) groups is 1. The number of benzene rings is 3. The number of carbonyl (C=O) groups excluding carboxylic acids is 1. The van der Waals surface area contributed by atoms with Gasteiger partial charge in [0, 0.05) is 5.69 Å². The van der Waals surface area contributed by atoms with Crippen molar-refractivity contribution in [2.24, 2.45) is 0 Å². The summed E-state index contributed by atoms with van der Waals surface area (Å²) in [5.74, 6) is -0.668. The molecule has 0 aliphatic heterocycles. The molecule has 0 aliphatic rings. The molecule has 0 heterocycles. The Morgan fingerprint density at radius 1 is 0.923 bits per heavy atom. The van der Waals surface area contributed by atoms with Gasteiger partial charge in [-0.1, -0.05) is 72.3 Å². The molecule has 3 aromatic rings.